The molecule has 0 amide bonds. The fraction of sp³-hybridized carbons (Fsp3) is 0. The van der Waals surface area contributed by atoms with Crippen molar-refractivity contribution >= 4 is 71.7 Å². The molecule has 3 heteroatoms. The molecule has 0 saturated carbocycles. The number of rotatable bonds is 6. The Balaban J connectivity index is 0.996. The van der Waals surface area contributed by atoms with Crippen molar-refractivity contribution in [1.82, 2.24) is 0 Å². The molecule has 0 aliphatic rings. The largest absolute Gasteiger partial charge is 0.456 e. The van der Waals surface area contributed by atoms with E-state index in [1.165, 1.54) is 27.6 Å². The molecule has 258 valence electrons. The van der Waals surface area contributed by atoms with Gasteiger partial charge in [0, 0.05) is 50.1 Å². The second-order valence-corrected chi connectivity index (χ2v) is 14.1. The molecule has 0 N–H and O–H groups in total. The van der Waals surface area contributed by atoms with Gasteiger partial charge in [-0.3, -0.25) is 0 Å². The van der Waals surface area contributed by atoms with E-state index < -0.39 is 0 Å². The third-order valence-corrected chi connectivity index (χ3v) is 10.9. The van der Waals surface area contributed by atoms with Gasteiger partial charge in [0.25, 0.3) is 0 Å². The van der Waals surface area contributed by atoms with Crippen LogP contribution in [-0.2, 0) is 0 Å². The van der Waals surface area contributed by atoms with Gasteiger partial charge < -0.3 is 13.7 Å². The van der Waals surface area contributed by atoms with Crippen LogP contribution in [0.5, 0.6) is 0 Å². The fourth-order valence-corrected chi connectivity index (χ4v) is 8.17. The van der Waals surface area contributed by atoms with Crippen LogP contribution in [-0.4, -0.2) is 0 Å². The van der Waals surface area contributed by atoms with E-state index in [1.807, 2.05) is 12.1 Å². The molecule has 0 unspecified atom stereocenters. The summed E-state index contributed by atoms with van der Waals surface area (Å²) in [4.78, 5) is 2.29. The van der Waals surface area contributed by atoms with Crippen molar-refractivity contribution in [3.05, 3.63) is 200 Å². The molecule has 0 spiro atoms. The Morgan fingerprint density at radius 2 is 0.764 bits per heavy atom. The van der Waals surface area contributed by atoms with Crippen LogP contribution in [0, 0.1) is 0 Å². The number of hydrogen-bond acceptors (Lipinski definition) is 3. The van der Waals surface area contributed by atoms with E-state index in [1.54, 1.807) is 0 Å². The Morgan fingerprint density at radius 1 is 0.273 bits per heavy atom. The predicted octanol–water partition coefficient (Wildman–Crippen LogP) is 15.1. The molecule has 55 heavy (non-hydrogen) atoms. The molecule has 0 bridgehead atoms. The van der Waals surface area contributed by atoms with Crippen molar-refractivity contribution in [3.63, 3.8) is 0 Å². The zero-order valence-corrected chi connectivity index (χ0v) is 29.8. The lowest BCUT2D eigenvalue weighted by Gasteiger charge is -2.26. The highest BCUT2D eigenvalue weighted by molar-refractivity contribution is 6.19. The first kappa shape index (κ1) is 31.2. The van der Waals surface area contributed by atoms with Gasteiger partial charge in [-0.25, -0.2) is 0 Å². The first-order chi connectivity index (χ1) is 27.2. The summed E-state index contributed by atoms with van der Waals surface area (Å²) in [6.45, 7) is 0. The average molecular weight is 704 g/mol. The molecule has 3 nitrogen and oxygen atoms in total. The Labute approximate surface area is 317 Å². The van der Waals surface area contributed by atoms with Gasteiger partial charge in [-0.2, -0.15) is 0 Å². The van der Waals surface area contributed by atoms with Crippen LogP contribution in [0.15, 0.2) is 209 Å². The minimum absolute atomic E-state index is 0.865. The van der Waals surface area contributed by atoms with Crippen LogP contribution in [0.25, 0.3) is 88.0 Å². The Kier molecular flexibility index (Phi) is 7.17. The van der Waals surface area contributed by atoms with Crippen molar-refractivity contribution < 1.29 is 8.83 Å². The monoisotopic (exact) mass is 703 g/mol. The summed E-state index contributed by atoms with van der Waals surface area (Å²) >= 11 is 0. The molecule has 0 radical (unpaired) electrons. The van der Waals surface area contributed by atoms with E-state index >= 15 is 0 Å². The maximum absolute atomic E-state index is 6.68. The molecule has 0 fully saturated rings. The summed E-state index contributed by atoms with van der Waals surface area (Å²) < 4.78 is 13.0. The van der Waals surface area contributed by atoms with Gasteiger partial charge in [-0.15, -0.1) is 0 Å². The molecular weight excluding hydrogens is 671 g/mol. The van der Waals surface area contributed by atoms with E-state index in [-0.39, 0.29) is 0 Å². The first-order valence-electron chi connectivity index (χ1n) is 18.7. The third kappa shape index (κ3) is 5.28. The Hall–Kier alpha value is -7.36. The van der Waals surface area contributed by atoms with Gasteiger partial charge in [-0.05, 0) is 99.4 Å². The lowest BCUT2D eigenvalue weighted by molar-refractivity contribution is 0.669. The van der Waals surface area contributed by atoms with Gasteiger partial charge in [0.1, 0.15) is 22.3 Å². The fourth-order valence-electron chi connectivity index (χ4n) is 8.17. The van der Waals surface area contributed by atoms with E-state index in [9.17, 15) is 0 Å². The molecule has 9 aromatic carbocycles. The molecule has 0 saturated heterocycles. The normalized spacial score (nSPS) is 11.6. The number of benzene rings is 9. The average Bonchev–Trinajstić information content (AvgIpc) is 3.82. The van der Waals surface area contributed by atoms with Crippen LogP contribution in [0.4, 0.5) is 17.1 Å². The third-order valence-electron chi connectivity index (χ3n) is 10.9. The smallest absolute Gasteiger partial charge is 0.143 e. The lowest BCUT2D eigenvalue weighted by Crippen LogP contribution is -2.09. The van der Waals surface area contributed by atoms with Gasteiger partial charge in [0.2, 0.25) is 0 Å². The number of nitrogens with zero attached hydrogens (tertiary/aromatic N) is 1. The van der Waals surface area contributed by atoms with Gasteiger partial charge in [0.05, 0.1) is 0 Å². The summed E-state index contributed by atoms with van der Waals surface area (Å²) in [7, 11) is 0. The van der Waals surface area contributed by atoms with Gasteiger partial charge >= 0.3 is 0 Å². The van der Waals surface area contributed by atoms with E-state index in [2.05, 4.69) is 193 Å². The molecular formula is C52H33NO2. The highest BCUT2D eigenvalue weighted by Crippen LogP contribution is 2.42. The summed E-state index contributed by atoms with van der Waals surface area (Å²) in [5, 5.41) is 6.79. The number of fused-ring (bicyclic) bond motifs is 8. The van der Waals surface area contributed by atoms with Gasteiger partial charge in [0.15, 0.2) is 0 Å². The summed E-state index contributed by atoms with van der Waals surface area (Å²) in [6.07, 6.45) is 0. The summed E-state index contributed by atoms with van der Waals surface area (Å²) in [5.41, 5.74) is 13.7. The molecule has 11 aromatic rings. The molecule has 0 aliphatic heterocycles. The highest BCUT2D eigenvalue weighted by Gasteiger charge is 2.18. The standard InChI is InChI=1S/C52H33NO2/c1-3-11-34(12-4-1)35-19-24-39(25-20-35)53(41-28-30-44-43-16-9-10-18-49(43)54-51(44)32-41)40-26-21-36(22-27-40)38-23-29-45-48-33-47(37-13-5-2-6-14-37)42-15-7-8-17-46(42)52(48)55-50(45)31-38/h1-33H. The second kappa shape index (κ2) is 12.6. The second-order valence-electron chi connectivity index (χ2n) is 14.1. The van der Waals surface area contributed by atoms with E-state index in [0.29, 0.717) is 0 Å². The molecule has 11 rings (SSSR count). The van der Waals surface area contributed by atoms with Crippen LogP contribution in [0.2, 0.25) is 0 Å². The molecule has 0 atom stereocenters. The van der Waals surface area contributed by atoms with Crippen LogP contribution < -0.4 is 4.90 Å². The lowest BCUT2D eigenvalue weighted by atomic mass is 9.95. The minimum atomic E-state index is 0.865. The van der Waals surface area contributed by atoms with Crippen LogP contribution in [0.3, 0.4) is 0 Å². The van der Waals surface area contributed by atoms with Crippen molar-refractivity contribution in [3.8, 4) is 33.4 Å². The predicted molar refractivity (Wildman–Crippen MR) is 229 cm³/mol. The van der Waals surface area contributed by atoms with Crippen molar-refractivity contribution in [2.45, 2.75) is 0 Å². The van der Waals surface area contributed by atoms with Crippen molar-refractivity contribution in [1.29, 1.82) is 0 Å². The number of anilines is 3. The summed E-state index contributed by atoms with van der Waals surface area (Å²) in [5.74, 6) is 0. The number of para-hydroxylation sites is 1. The molecule has 2 heterocycles. The van der Waals surface area contributed by atoms with E-state index in [4.69, 9.17) is 8.83 Å². The minimum Gasteiger partial charge on any atom is -0.456 e. The quantitative estimate of drug-likeness (QED) is 0.173. The number of hydrogen-bond donors (Lipinski definition) is 0. The summed E-state index contributed by atoms with van der Waals surface area (Å²) in [6, 6.07) is 70.8. The van der Waals surface area contributed by atoms with Crippen molar-refractivity contribution in [2.75, 3.05) is 4.90 Å². The maximum Gasteiger partial charge on any atom is 0.143 e. The SMILES string of the molecule is c1ccc(-c2ccc(N(c3ccc(-c4ccc5c(c4)oc4c6ccccc6c(-c6ccccc6)cc54)cc3)c3ccc4c(c3)oc3ccccc34)cc2)cc1. The topological polar surface area (TPSA) is 29.5 Å². The number of furan rings is 2. The van der Waals surface area contributed by atoms with Crippen LogP contribution in [0.1, 0.15) is 0 Å². The van der Waals surface area contributed by atoms with E-state index in [0.717, 1.165) is 77.5 Å². The Morgan fingerprint density at radius 3 is 1.49 bits per heavy atom. The molecule has 0 aliphatic carbocycles. The van der Waals surface area contributed by atoms with Crippen molar-refractivity contribution in [2.24, 2.45) is 0 Å². The maximum atomic E-state index is 6.68. The molecule has 2 aromatic heterocycles. The zero-order valence-electron chi connectivity index (χ0n) is 29.8. The zero-order chi connectivity index (χ0) is 36.3. The first-order valence-corrected chi connectivity index (χ1v) is 18.7. The Bertz CT molecular complexity index is 3180. The van der Waals surface area contributed by atoms with Crippen LogP contribution >= 0.6 is 0 Å². The highest BCUT2D eigenvalue weighted by atomic mass is 16.3. The van der Waals surface area contributed by atoms with Gasteiger partial charge in [-0.1, -0.05) is 133 Å².